The van der Waals surface area contributed by atoms with Gasteiger partial charge in [0.2, 0.25) is 0 Å². The summed E-state index contributed by atoms with van der Waals surface area (Å²) in [6.07, 6.45) is 3.42. The van der Waals surface area contributed by atoms with Gasteiger partial charge in [-0.1, -0.05) is 12.2 Å². The molecule has 0 fully saturated rings. The summed E-state index contributed by atoms with van der Waals surface area (Å²) < 4.78 is 4.90. The molecule has 0 radical (unpaired) electrons. The van der Waals surface area contributed by atoms with Gasteiger partial charge >= 0.3 is 5.69 Å². The molecule has 0 heterocycles. The predicted octanol–water partition coefficient (Wildman–Crippen LogP) is 2.58. The summed E-state index contributed by atoms with van der Waals surface area (Å²) in [6, 6.07) is 2.61. The number of benzene rings is 1. The van der Waals surface area contributed by atoms with Crippen molar-refractivity contribution in [2.24, 2.45) is 0 Å². The number of nitro groups is 2. The normalized spacial score (nSPS) is 9.00. The maximum absolute atomic E-state index is 10.2. The fourth-order valence-corrected chi connectivity index (χ4v) is 1.01. The summed E-state index contributed by atoms with van der Waals surface area (Å²) in [5.74, 6) is -0.587. The van der Waals surface area contributed by atoms with Crippen molar-refractivity contribution in [1.29, 1.82) is 0 Å². The number of phenolic OH excluding ortho intramolecular Hbond substituents is 1. The largest absolute Gasteiger partial charge is 0.502 e. The fraction of sp³-hybridized carbons (Fsp3) is 0.167. The van der Waals surface area contributed by atoms with E-state index in [-0.39, 0.29) is 0 Å². The third-order valence-corrected chi connectivity index (χ3v) is 1.84. The highest BCUT2D eigenvalue weighted by Crippen LogP contribution is 2.29. The zero-order valence-corrected chi connectivity index (χ0v) is 10.6. The van der Waals surface area contributed by atoms with Crippen LogP contribution >= 0.6 is 0 Å². The maximum atomic E-state index is 10.2. The van der Waals surface area contributed by atoms with Crippen molar-refractivity contribution < 1.29 is 19.7 Å². The van der Waals surface area contributed by atoms with Crippen LogP contribution in [0.4, 0.5) is 11.4 Å². The standard InChI is InChI=1S/C6H4N2O5.C6H10O/c9-6-2-1-4(7(10)11)3-5(6)8(12)13;1-3-5-7-6-4-2/h1-3,9H;3-4H,1-2,5-6H2. The van der Waals surface area contributed by atoms with Gasteiger partial charge in [-0.3, -0.25) is 20.2 Å². The zero-order chi connectivity index (χ0) is 15.5. The van der Waals surface area contributed by atoms with Gasteiger partial charge in [0.25, 0.3) is 5.69 Å². The van der Waals surface area contributed by atoms with Crippen LogP contribution in [-0.2, 0) is 4.74 Å². The van der Waals surface area contributed by atoms with Crippen molar-refractivity contribution in [3.8, 4) is 5.75 Å². The van der Waals surface area contributed by atoms with Crippen molar-refractivity contribution in [3.05, 3.63) is 63.7 Å². The van der Waals surface area contributed by atoms with E-state index in [2.05, 4.69) is 13.2 Å². The number of rotatable bonds is 6. The minimum Gasteiger partial charge on any atom is -0.502 e. The van der Waals surface area contributed by atoms with Gasteiger partial charge < -0.3 is 9.84 Å². The van der Waals surface area contributed by atoms with E-state index >= 15 is 0 Å². The summed E-state index contributed by atoms with van der Waals surface area (Å²) in [5, 5.41) is 29.3. The molecule has 0 aliphatic rings. The maximum Gasteiger partial charge on any atom is 0.317 e. The summed E-state index contributed by atoms with van der Waals surface area (Å²) in [7, 11) is 0. The highest BCUT2D eigenvalue weighted by atomic mass is 16.6. The van der Waals surface area contributed by atoms with Crippen molar-refractivity contribution >= 4 is 11.4 Å². The second-order valence-electron chi connectivity index (χ2n) is 3.30. The van der Waals surface area contributed by atoms with Crippen LogP contribution < -0.4 is 0 Å². The molecule has 8 nitrogen and oxygen atoms in total. The molecule has 1 rings (SSSR count). The molecule has 0 unspecified atom stereocenters. The molecular weight excluding hydrogens is 268 g/mol. The molecule has 0 spiro atoms. The van der Waals surface area contributed by atoms with Gasteiger partial charge in [0.15, 0.2) is 5.75 Å². The Balaban J connectivity index is 0.000000441. The molecule has 8 heteroatoms. The first-order valence-corrected chi connectivity index (χ1v) is 5.35. The van der Waals surface area contributed by atoms with E-state index in [1.54, 1.807) is 12.2 Å². The Morgan fingerprint density at radius 3 is 2.10 bits per heavy atom. The molecule has 1 N–H and O–H groups in total. The summed E-state index contributed by atoms with van der Waals surface area (Å²) in [6.45, 7) is 8.18. The first kappa shape index (κ1) is 17.3. The Bertz CT molecular complexity index is 493. The Hall–Kier alpha value is -2.74. The second kappa shape index (κ2) is 9.22. The van der Waals surface area contributed by atoms with E-state index in [4.69, 9.17) is 9.84 Å². The minimum absolute atomic E-state index is 0.426. The van der Waals surface area contributed by atoms with E-state index in [1.807, 2.05) is 0 Å². The van der Waals surface area contributed by atoms with E-state index in [1.165, 1.54) is 0 Å². The monoisotopic (exact) mass is 282 g/mol. The molecule has 1 aromatic rings. The number of non-ortho nitro benzene ring substituents is 1. The average Bonchev–Trinajstić information content (AvgIpc) is 2.40. The predicted molar refractivity (Wildman–Crippen MR) is 72.6 cm³/mol. The van der Waals surface area contributed by atoms with Crippen LogP contribution in [0.3, 0.4) is 0 Å². The number of nitrogens with zero attached hydrogens (tertiary/aromatic N) is 2. The zero-order valence-electron chi connectivity index (χ0n) is 10.6. The number of hydrogen-bond donors (Lipinski definition) is 1. The van der Waals surface area contributed by atoms with Gasteiger partial charge in [-0.15, -0.1) is 13.2 Å². The lowest BCUT2D eigenvalue weighted by Gasteiger charge is -1.94. The second-order valence-corrected chi connectivity index (χ2v) is 3.30. The molecule has 0 aliphatic heterocycles. The minimum atomic E-state index is -0.887. The lowest BCUT2D eigenvalue weighted by atomic mass is 10.2. The lowest BCUT2D eigenvalue weighted by molar-refractivity contribution is -0.394. The number of ether oxygens (including phenoxy) is 1. The van der Waals surface area contributed by atoms with E-state index in [0.717, 1.165) is 12.1 Å². The first-order valence-electron chi connectivity index (χ1n) is 5.35. The van der Waals surface area contributed by atoms with Crippen LogP contribution in [-0.4, -0.2) is 28.2 Å². The van der Waals surface area contributed by atoms with Crippen LogP contribution in [0.1, 0.15) is 0 Å². The molecule has 0 amide bonds. The SMILES string of the molecule is C=CCOCC=C.O=[N+]([O-])c1ccc(O)c([N+](=O)[O-])c1. The topological polar surface area (TPSA) is 116 Å². The fourth-order valence-electron chi connectivity index (χ4n) is 1.01. The summed E-state index contributed by atoms with van der Waals surface area (Å²) >= 11 is 0. The summed E-state index contributed by atoms with van der Waals surface area (Å²) in [4.78, 5) is 18.7. The molecule has 0 saturated heterocycles. The van der Waals surface area contributed by atoms with E-state index in [0.29, 0.717) is 19.3 Å². The van der Waals surface area contributed by atoms with Crippen LogP contribution in [0.15, 0.2) is 43.5 Å². The quantitative estimate of drug-likeness (QED) is 0.371. The highest BCUT2D eigenvalue weighted by Gasteiger charge is 2.18. The number of nitro benzene ring substituents is 2. The number of aromatic hydroxyl groups is 1. The van der Waals surface area contributed by atoms with Gasteiger partial charge in [-0.2, -0.15) is 0 Å². The first-order chi connectivity index (χ1) is 9.43. The van der Waals surface area contributed by atoms with Crippen molar-refractivity contribution in [1.82, 2.24) is 0 Å². The molecule has 0 bridgehead atoms. The summed E-state index contributed by atoms with van der Waals surface area (Å²) in [5.41, 5.74) is -1.10. The van der Waals surface area contributed by atoms with Crippen LogP contribution in [0.5, 0.6) is 5.75 Å². The van der Waals surface area contributed by atoms with Gasteiger partial charge in [0.05, 0.1) is 29.1 Å². The smallest absolute Gasteiger partial charge is 0.317 e. The Morgan fingerprint density at radius 2 is 1.70 bits per heavy atom. The number of phenols is 1. The highest BCUT2D eigenvalue weighted by molar-refractivity contribution is 5.52. The molecule has 0 aliphatic carbocycles. The molecule has 0 aromatic heterocycles. The van der Waals surface area contributed by atoms with Crippen molar-refractivity contribution in [2.45, 2.75) is 0 Å². The van der Waals surface area contributed by atoms with Gasteiger partial charge in [0, 0.05) is 6.07 Å². The van der Waals surface area contributed by atoms with Gasteiger partial charge in [-0.05, 0) is 6.07 Å². The lowest BCUT2D eigenvalue weighted by Crippen LogP contribution is -1.92. The Morgan fingerprint density at radius 1 is 1.15 bits per heavy atom. The van der Waals surface area contributed by atoms with Crippen molar-refractivity contribution in [3.63, 3.8) is 0 Å². The number of hydrogen-bond acceptors (Lipinski definition) is 6. The Kier molecular flexibility index (Phi) is 7.96. The van der Waals surface area contributed by atoms with Crippen LogP contribution in [0.25, 0.3) is 0 Å². The molecule has 1 aromatic carbocycles. The molecule has 108 valence electrons. The van der Waals surface area contributed by atoms with Crippen LogP contribution in [0.2, 0.25) is 0 Å². The van der Waals surface area contributed by atoms with Gasteiger partial charge in [0.1, 0.15) is 0 Å². The van der Waals surface area contributed by atoms with E-state index in [9.17, 15) is 20.2 Å². The van der Waals surface area contributed by atoms with E-state index < -0.39 is 27.0 Å². The third-order valence-electron chi connectivity index (χ3n) is 1.84. The van der Waals surface area contributed by atoms with Crippen molar-refractivity contribution in [2.75, 3.05) is 13.2 Å². The Labute approximate surface area is 114 Å². The molecule has 20 heavy (non-hydrogen) atoms. The molecular formula is C12H14N2O6. The molecule has 0 saturated carbocycles. The van der Waals surface area contributed by atoms with Crippen LogP contribution in [0, 0.1) is 20.2 Å². The average molecular weight is 282 g/mol. The third kappa shape index (κ3) is 6.26. The molecule has 0 atom stereocenters. The van der Waals surface area contributed by atoms with Gasteiger partial charge in [-0.25, -0.2) is 0 Å².